The predicted molar refractivity (Wildman–Crippen MR) is 135 cm³/mol. The predicted octanol–water partition coefficient (Wildman–Crippen LogP) is 4.24. The van der Waals surface area contributed by atoms with Crippen molar-refractivity contribution in [2.24, 2.45) is 11.8 Å². The molecule has 8 heteroatoms. The molecule has 2 aliphatic heterocycles. The Morgan fingerprint density at radius 1 is 0.971 bits per heavy atom. The van der Waals surface area contributed by atoms with Crippen molar-refractivity contribution in [3.63, 3.8) is 0 Å². The third-order valence-electron chi connectivity index (χ3n) is 7.19. The van der Waals surface area contributed by atoms with Gasteiger partial charge in [0.1, 0.15) is 11.5 Å². The summed E-state index contributed by atoms with van der Waals surface area (Å²) in [5.74, 6) is -1.85. The largest absolute Gasteiger partial charge is 0.339 e. The number of imide groups is 1. The van der Waals surface area contributed by atoms with Crippen LogP contribution in [0, 0.1) is 18.8 Å². The van der Waals surface area contributed by atoms with Gasteiger partial charge in [-0.05, 0) is 50.2 Å². The van der Waals surface area contributed by atoms with Crippen molar-refractivity contribution in [3.8, 4) is 10.4 Å². The molecule has 2 unspecified atom stereocenters. The molecule has 2 fully saturated rings. The highest BCUT2D eigenvalue weighted by atomic mass is 32.1. The molecule has 0 spiro atoms. The van der Waals surface area contributed by atoms with Crippen molar-refractivity contribution < 1.29 is 19.2 Å². The van der Waals surface area contributed by atoms with Gasteiger partial charge in [-0.25, -0.2) is 0 Å². The molecule has 4 amide bonds. The molecule has 2 atom stereocenters. The molecule has 0 saturated carbocycles. The zero-order valence-corrected chi connectivity index (χ0v) is 20.6. The quantitative estimate of drug-likeness (QED) is 0.501. The lowest BCUT2D eigenvalue weighted by atomic mass is 9.85. The standard InChI is InChI=1S/C27H29N3O4S/c1-17-22(27(34)29-14-8-3-9-15-29)24(35-23(17)18-10-4-2-5-11-18)28-21(31)16-30-25(32)19-12-6-7-13-20(19)26(30)33/h2,4-7,10-11,19-20H,3,8-9,12-16H2,1H3,(H,28,31). The molecular formula is C27H29N3O4S. The second kappa shape index (κ2) is 9.77. The van der Waals surface area contributed by atoms with Gasteiger partial charge in [0, 0.05) is 18.0 Å². The summed E-state index contributed by atoms with van der Waals surface area (Å²) in [5.41, 5.74) is 2.31. The summed E-state index contributed by atoms with van der Waals surface area (Å²) in [5, 5.41) is 3.35. The third kappa shape index (κ3) is 4.43. The zero-order chi connectivity index (χ0) is 24.5. The first-order valence-corrected chi connectivity index (χ1v) is 13.1. The van der Waals surface area contributed by atoms with Crippen LogP contribution in [0.15, 0.2) is 42.5 Å². The Balaban J connectivity index is 1.41. The van der Waals surface area contributed by atoms with Crippen LogP contribution in [0.4, 0.5) is 5.00 Å². The van der Waals surface area contributed by atoms with Crippen molar-refractivity contribution in [2.45, 2.75) is 39.0 Å². The van der Waals surface area contributed by atoms with Crippen molar-refractivity contribution >= 4 is 40.0 Å². The number of nitrogens with one attached hydrogen (secondary N) is 1. The SMILES string of the molecule is Cc1c(-c2ccccc2)sc(NC(=O)CN2C(=O)C3CC=CCC3C2=O)c1C(=O)N1CCCCC1. The van der Waals surface area contributed by atoms with E-state index < -0.39 is 5.91 Å². The van der Waals surface area contributed by atoms with Gasteiger partial charge < -0.3 is 10.2 Å². The van der Waals surface area contributed by atoms with Gasteiger partial charge in [-0.1, -0.05) is 42.5 Å². The van der Waals surface area contributed by atoms with Gasteiger partial charge in [0.25, 0.3) is 5.91 Å². The highest BCUT2D eigenvalue weighted by Gasteiger charge is 2.47. The van der Waals surface area contributed by atoms with E-state index in [-0.39, 0.29) is 36.1 Å². The first kappa shape index (κ1) is 23.5. The van der Waals surface area contributed by atoms with E-state index >= 15 is 0 Å². The number of thiophene rings is 1. The normalized spacial score (nSPS) is 21.9. The number of fused-ring (bicyclic) bond motifs is 1. The summed E-state index contributed by atoms with van der Waals surface area (Å²) in [6, 6.07) is 9.79. The fraction of sp³-hybridized carbons (Fsp3) is 0.407. The Kier molecular flexibility index (Phi) is 6.56. The molecule has 5 rings (SSSR count). The van der Waals surface area contributed by atoms with E-state index in [9.17, 15) is 19.2 Å². The number of piperidine rings is 1. The fourth-order valence-corrected chi connectivity index (χ4v) is 6.53. The van der Waals surface area contributed by atoms with E-state index in [4.69, 9.17) is 0 Å². The molecule has 7 nitrogen and oxygen atoms in total. The van der Waals surface area contributed by atoms with Crippen LogP contribution in [0.3, 0.4) is 0 Å². The number of carbonyl (C=O) groups is 4. The average Bonchev–Trinajstić information content (AvgIpc) is 3.33. The number of anilines is 1. The van der Waals surface area contributed by atoms with Gasteiger partial charge in [0.2, 0.25) is 17.7 Å². The molecule has 35 heavy (non-hydrogen) atoms. The van der Waals surface area contributed by atoms with Gasteiger partial charge in [-0.15, -0.1) is 11.3 Å². The smallest absolute Gasteiger partial charge is 0.257 e. The number of hydrogen-bond donors (Lipinski definition) is 1. The average molecular weight is 492 g/mol. The van der Waals surface area contributed by atoms with E-state index in [1.54, 1.807) is 0 Å². The second-order valence-electron chi connectivity index (χ2n) is 9.45. The highest BCUT2D eigenvalue weighted by Crippen LogP contribution is 2.41. The number of rotatable bonds is 5. The minimum absolute atomic E-state index is 0.0821. The van der Waals surface area contributed by atoms with Gasteiger partial charge in [-0.2, -0.15) is 0 Å². The van der Waals surface area contributed by atoms with Crippen molar-refractivity contribution in [1.29, 1.82) is 0 Å². The molecule has 2 saturated heterocycles. The second-order valence-corrected chi connectivity index (χ2v) is 10.5. The van der Waals surface area contributed by atoms with Crippen LogP contribution in [0.1, 0.15) is 48.0 Å². The zero-order valence-electron chi connectivity index (χ0n) is 19.8. The van der Waals surface area contributed by atoms with Crippen LogP contribution >= 0.6 is 11.3 Å². The van der Waals surface area contributed by atoms with E-state index in [1.807, 2.05) is 54.3 Å². The number of amides is 4. The topological polar surface area (TPSA) is 86.8 Å². The maximum atomic E-state index is 13.5. The Morgan fingerprint density at radius 3 is 2.23 bits per heavy atom. The van der Waals surface area contributed by atoms with Crippen molar-refractivity contribution in [3.05, 3.63) is 53.6 Å². The van der Waals surface area contributed by atoms with Gasteiger partial charge >= 0.3 is 0 Å². The molecule has 0 radical (unpaired) electrons. The Labute approximate surface area is 208 Å². The number of nitrogens with zero attached hydrogens (tertiary/aromatic N) is 2. The maximum Gasteiger partial charge on any atom is 0.257 e. The van der Waals surface area contributed by atoms with Crippen molar-refractivity contribution in [2.75, 3.05) is 25.0 Å². The van der Waals surface area contributed by atoms with E-state index in [1.165, 1.54) is 11.3 Å². The molecule has 1 aromatic heterocycles. The van der Waals surface area contributed by atoms with E-state index in [0.717, 1.165) is 40.2 Å². The Hall–Kier alpha value is -3.26. The summed E-state index contributed by atoms with van der Waals surface area (Å²) < 4.78 is 0. The molecule has 0 bridgehead atoms. The van der Waals surface area contributed by atoms with Crippen LogP contribution < -0.4 is 5.32 Å². The summed E-state index contributed by atoms with van der Waals surface area (Å²) >= 11 is 1.36. The molecule has 1 aromatic carbocycles. The summed E-state index contributed by atoms with van der Waals surface area (Å²) in [4.78, 5) is 56.1. The van der Waals surface area contributed by atoms with E-state index in [0.29, 0.717) is 36.5 Å². The molecular weight excluding hydrogens is 462 g/mol. The van der Waals surface area contributed by atoms with Crippen LogP contribution in [-0.2, 0) is 14.4 Å². The highest BCUT2D eigenvalue weighted by molar-refractivity contribution is 7.20. The van der Waals surface area contributed by atoms with Crippen molar-refractivity contribution in [1.82, 2.24) is 9.80 Å². The molecule has 3 heterocycles. The van der Waals surface area contributed by atoms with Crippen LogP contribution in [0.25, 0.3) is 10.4 Å². The molecule has 3 aliphatic rings. The summed E-state index contributed by atoms with van der Waals surface area (Å²) in [7, 11) is 0. The summed E-state index contributed by atoms with van der Waals surface area (Å²) in [6.45, 7) is 2.99. The number of hydrogen-bond acceptors (Lipinski definition) is 5. The lowest BCUT2D eigenvalue weighted by molar-refractivity contribution is -0.142. The minimum atomic E-state index is -0.466. The molecule has 1 N–H and O–H groups in total. The number of benzene rings is 1. The van der Waals surface area contributed by atoms with Gasteiger partial charge in [0.15, 0.2) is 0 Å². The van der Waals surface area contributed by atoms with Crippen LogP contribution in [0.5, 0.6) is 0 Å². The fourth-order valence-electron chi connectivity index (χ4n) is 5.31. The molecule has 182 valence electrons. The first-order chi connectivity index (χ1) is 17.0. The molecule has 1 aliphatic carbocycles. The van der Waals surface area contributed by atoms with E-state index in [2.05, 4.69) is 5.32 Å². The number of likely N-dealkylation sites (tertiary alicyclic amines) is 2. The molecule has 2 aromatic rings. The lowest BCUT2D eigenvalue weighted by Crippen LogP contribution is -2.39. The Bertz CT molecular complexity index is 1170. The lowest BCUT2D eigenvalue weighted by Gasteiger charge is -2.27. The first-order valence-electron chi connectivity index (χ1n) is 12.2. The number of carbonyl (C=O) groups excluding carboxylic acids is 4. The van der Waals surface area contributed by atoms with Gasteiger partial charge in [0.05, 0.1) is 17.4 Å². The van der Waals surface area contributed by atoms with Crippen LogP contribution in [-0.4, -0.2) is 53.1 Å². The monoisotopic (exact) mass is 491 g/mol. The number of allylic oxidation sites excluding steroid dienone is 2. The minimum Gasteiger partial charge on any atom is -0.339 e. The van der Waals surface area contributed by atoms with Crippen LogP contribution in [0.2, 0.25) is 0 Å². The Morgan fingerprint density at radius 2 is 1.60 bits per heavy atom. The maximum absolute atomic E-state index is 13.5. The third-order valence-corrected chi connectivity index (χ3v) is 8.45. The van der Waals surface area contributed by atoms with Gasteiger partial charge in [-0.3, -0.25) is 24.1 Å². The summed E-state index contributed by atoms with van der Waals surface area (Å²) in [6.07, 6.45) is 7.97.